The summed E-state index contributed by atoms with van der Waals surface area (Å²) in [7, 11) is 2.05. The second kappa shape index (κ2) is 6.75. The zero-order valence-corrected chi connectivity index (χ0v) is 11.8. The van der Waals surface area contributed by atoms with Crippen molar-refractivity contribution in [2.45, 2.75) is 12.8 Å². The Kier molecular flexibility index (Phi) is 4.77. The number of para-hydroxylation sites is 1. The molecule has 2 aromatic rings. The van der Waals surface area contributed by atoms with Crippen molar-refractivity contribution in [3.63, 3.8) is 0 Å². The van der Waals surface area contributed by atoms with E-state index in [0.717, 1.165) is 30.6 Å². The molecular weight excluding hydrogens is 246 g/mol. The minimum absolute atomic E-state index is 0.121. The molecule has 3 nitrogen and oxygen atoms in total. The fourth-order valence-electron chi connectivity index (χ4n) is 2.32. The molecule has 0 fully saturated rings. The Morgan fingerprint density at radius 2 is 1.70 bits per heavy atom. The van der Waals surface area contributed by atoms with Crippen molar-refractivity contribution in [1.82, 2.24) is 0 Å². The number of hydrogen-bond donors (Lipinski definition) is 2. The third kappa shape index (κ3) is 3.60. The molecule has 0 bridgehead atoms. The molecule has 0 aliphatic carbocycles. The summed E-state index contributed by atoms with van der Waals surface area (Å²) in [5.41, 5.74) is 8.81. The van der Waals surface area contributed by atoms with Gasteiger partial charge in [-0.1, -0.05) is 42.5 Å². The maximum Gasteiger partial charge on any atom is 0.124 e. The van der Waals surface area contributed by atoms with Gasteiger partial charge in [-0.3, -0.25) is 5.41 Å². The summed E-state index contributed by atoms with van der Waals surface area (Å²) in [4.78, 5) is 2.17. The summed E-state index contributed by atoms with van der Waals surface area (Å²) in [5, 5.41) is 7.63. The molecule has 0 unspecified atom stereocenters. The van der Waals surface area contributed by atoms with Crippen molar-refractivity contribution < 1.29 is 0 Å². The van der Waals surface area contributed by atoms with Crippen LogP contribution in [0, 0.1) is 5.41 Å². The van der Waals surface area contributed by atoms with Gasteiger partial charge in [-0.2, -0.15) is 0 Å². The molecule has 2 rings (SSSR count). The fourth-order valence-corrected chi connectivity index (χ4v) is 2.32. The highest BCUT2D eigenvalue weighted by Crippen LogP contribution is 2.19. The Bertz CT molecular complexity index is 563. The standard InChI is InChI=1S/C17H21N3/c1-20(13-7-10-14-8-3-2-4-9-14)16-12-6-5-11-15(16)17(18)19/h2-6,8-9,11-12H,7,10,13H2,1H3,(H3,18,19). The van der Waals surface area contributed by atoms with Gasteiger partial charge in [0.05, 0.1) is 0 Å². The molecule has 0 heterocycles. The van der Waals surface area contributed by atoms with Crippen LogP contribution in [0.15, 0.2) is 54.6 Å². The van der Waals surface area contributed by atoms with E-state index in [1.807, 2.05) is 37.4 Å². The van der Waals surface area contributed by atoms with Gasteiger partial charge in [0.2, 0.25) is 0 Å². The monoisotopic (exact) mass is 267 g/mol. The lowest BCUT2D eigenvalue weighted by Gasteiger charge is -2.22. The van der Waals surface area contributed by atoms with Crippen LogP contribution < -0.4 is 10.6 Å². The maximum atomic E-state index is 7.63. The van der Waals surface area contributed by atoms with Gasteiger partial charge in [0, 0.05) is 24.8 Å². The first-order valence-electron chi connectivity index (χ1n) is 6.87. The molecule has 0 saturated heterocycles. The minimum Gasteiger partial charge on any atom is -0.384 e. The zero-order valence-electron chi connectivity index (χ0n) is 11.8. The van der Waals surface area contributed by atoms with Crippen LogP contribution in [0.3, 0.4) is 0 Å². The molecule has 0 amide bonds. The topological polar surface area (TPSA) is 53.1 Å². The van der Waals surface area contributed by atoms with E-state index in [1.165, 1.54) is 5.56 Å². The van der Waals surface area contributed by atoms with Crippen LogP contribution in [0.25, 0.3) is 0 Å². The van der Waals surface area contributed by atoms with E-state index in [1.54, 1.807) is 0 Å². The summed E-state index contributed by atoms with van der Waals surface area (Å²) in [6, 6.07) is 18.3. The van der Waals surface area contributed by atoms with E-state index in [-0.39, 0.29) is 5.84 Å². The van der Waals surface area contributed by atoms with Gasteiger partial charge in [0.1, 0.15) is 5.84 Å². The van der Waals surface area contributed by atoms with E-state index in [4.69, 9.17) is 11.1 Å². The Balaban J connectivity index is 1.95. The first kappa shape index (κ1) is 14.1. The van der Waals surface area contributed by atoms with Crippen molar-refractivity contribution >= 4 is 11.5 Å². The Hall–Kier alpha value is -2.29. The van der Waals surface area contributed by atoms with Gasteiger partial charge in [0.25, 0.3) is 0 Å². The molecule has 0 aliphatic heterocycles. The highest BCUT2D eigenvalue weighted by Gasteiger charge is 2.08. The summed E-state index contributed by atoms with van der Waals surface area (Å²) in [6.45, 7) is 0.944. The van der Waals surface area contributed by atoms with Gasteiger partial charge < -0.3 is 10.6 Å². The van der Waals surface area contributed by atoms with E-state index in [9.17, 15) is 0 Å². The smallest absolute Gasteiger partial charge is 0.124 e. The largest absolute Gasteiger partial charge is 0.384 e. The number of amidine groups is 1. The number of nitrogens with zero attached hydrogens (tertiary/aromatic N) is 1. The van der Waals surface area contributed by atoms with Crippen LogP contribution in [-0.4, -0.2) is 19.4 Å². The van der Waals surface area contributed by atoms with Crippen LogP contribution in [-0.2, 0) is 6.42 Å². The van der Waals surface area contributed by atoms with Crippen molar-refractivity contribution in [2.75, 3.05) is 18.5 Å². The molecule has 0 aromatic heterocycles. The number of aryl methyl sites for hydroxylation is 1. The SMILES string of the molecule is CN(CCCc1ccccc1)c1ccccc1C(=N)N. The highest BCUT2D eigenvalue weighted by atomic mass is 15.1. The molecule has 0 spiro atoms. The molecule has 104 valence electrons. The van der Waals surface area contributed by atoms with Crippen molar-refractivity contribution in [2.24, 2.45) is 5.73 Å². The fraction of sp³-hybridized carbons (Fsp3) is 0.235. The van der Waals surface area contributed by atoms with Gasteiger partial charge in [-0.15, -0.1) is 0 Å². The van der Waals surface area contributed by atoms with Crippen LogP contribution >= 0.6 is 0 Å². The number of nitrogen functional groups attached to an aromatic ring is 1. The average molecular weight is 267 g/mol. The number of benzene rings is 2. The number of hydrogen-bond acceptors (Lipinski definition) is 2. The molecule has 3 N–H and O–H groups in total. The average Bonchev–Trinajstić information content (AvgIpc) is 2.48. The van der Waals surface area contributed by atoms with Crippen molar-refractivity contribution in [3.05, 3.63) is 65.7 Å². The van der Waals surface area contributed by atoms with Gasteiger partial charge >= 0.3 is 0 Å². The molecule has 3 heteroatoms. The Morgan fingerprint density at radius 3 is 2.40 bits per heavy atom. The van der Waals surface area contributed by atoms with E-state index in [0.29, 0.717) is 0 Å². The van der Waals surface area contributed by atoms with Crippen molar-refractivity contribution in [3.8, 4) is 0 Å². The Labute approximate surface area is 120 Å². The number of anilines is 1. The number of rotatable bonds is 6. The molecule has 2 aromatic carbocycles. The maximum absolute atomic E-state index is 7.63. The Morgan fingerprint density at radius 1 is 1.05 bits per heavy atom. The lowest BCUT2D eigenvalue weighted by atomic mass is 10.1. The highest BCUT2D eigenvalue weighted by molar-refractivity contribution is 6.00. The van der Waals surface area contributed by atoms with Gasteiger partial charge in [-0.05, 0) is 30.5 Å². The molecule has 20 heavy (non-hydrogen) atoms. The molecule has 0 saturated carbocycles. The lowest BCUT2D eigenvalue weighted by Crippen LogP contribution is -2.23. The third-order valence-corrected chi connectivity index (χ3v) is 3.41. The predicted molar refractivity (Wildman–Crippen MR) is 85.5 cm³/mol. The van der Waals surface area contributed by atoms with Crippen molar-refractivity contribution in [1.29, 1.82) is 5.41 Å². The number of nitrogens with one attached hydrogen (secondary N) is 1. The molecular formula is C17H21N3. The minimum atomic E-state index is 0.121. The van der Waals surface area contributed by atoms with Crippen LogP contribution in [0.5, 0.6) is 0 Å². The predicted octanol–water partition coefficient (Wildman–Crippen LogP) is 3.04. The first-order valence-corrected chi connectivity index (χ1v) is 6.87. The molecule has 0 atom stereocenters. The normalized spacial score (nSPS) is 10.2. The quantitative estimate of drug-likeness (QED) is 0.624. The molecule has 0 radical (unpaired) electrons. The van der Waals surface area contributed by atoms with Gasteiger partial charge in [-0.25, -0.2) is 0 Å². The third-order valence-electron chi connectivity index (χ3n) is 3.41. The summed E-state index contributed by atoms with van der Waals surface area (Å²) >= 11 is 0. The van der Waals surface area contributed by atoms with E-state index >= 15 is 0 Å². The summed E-state index contributed by atoms with van der Waals surface area (Å²) in [5.74, 6) is 0.121. The zero-order chi connectivity index (χ0) is 14.4. The summed E-state index contributed by atoms with van der Waals surface area (Å²) < 4.78 is 0. The second-order valence-electron chi connectivity index (χ2n) is 4.94. The molecule has 0 aliphatic rings. The van der Waals surface area contributed by atoms with Crippen LogP contribution in [0.4, 0.5) is 5.69 Å². The van der Waals surface area contributed by atoms with Crippen LogP contribution in [0.2, 0.25) is 0 Å². The first-order chi connectivity index (χ1) is 9.68. The van der Waals surface area contributed by atoms with E-state index in [2.05, 4.69) is 29.2 Å². The summed E-state index contributed by atoms with van der Waals surface area (Å²) in [6.07, 6.45) is 2.14. The lowest BCUT2D eigenvalue weighted by molar-refractivity contribution is 0.785. The van der Waals surface area contributed by atoms with E-state index < -0.39 is 0 Å². The second-order valence-corrected chi connectivity index (χ2v) is 4.94. The van der Waals surface area contributed by atoms with Crippen LogP contribution in [0.1, 0.15) is 17.5 Å². The van der Waals surface area contributed by atoms with Gasteiger partial charge in [0.15, 0.2) is 0 Å². The number of nitrogens with two attached hydrogens (primary N) is 1.